The van der Waals surface area contributed by atoms with Crippen LogP contribution in [0.4, 0.5) is 28.4 Å². The largest absolute Gasteiger partial charge is 0.333 e. The third-order valence-corrected chi connectivity index (χ3v) is 13.8. The second-order valence-corrected chi connectivity index (χ2v) is 18.2. The summed E-state index contributed by atoms with van der Waals surface area (Å²) >= 11 is 0. The Hall–Kier alpha value is -7.42. The van der Waals surface area contributed by atoms with Crippen molar-refractivity contribution in [2.75, 3.05) is 9.80 Å². The van der Waals surface area contributed by atoms with Crippen molar-refractivity contribution in [3.8, 4) is 44.5 Å². The average Bonchev–Trinajstić information content (AvgIpc) is 3.72. The van der Waals surface area contributed by atoms with E-state index in [0.29, 0.717) is 0 Å². The molecule has 1 aliphatic heterocycles. The molecule has 0 spiro atoms. The molecule has 0 amide bonds. The maximum absolute atomic E-state index is 2.55. The fourth-order valence-electron chi connectivity index (χ4n) is 10.5. The first-order valence-electron chi connectivity index (χ1n) is 22.2. The van der Waals surface area contributed by atoms with E-state index in [0.717, 1.165) is 17.1 Å². The standard InChI is InChI=1S/C61H50N2/c1-60(2)56-40-48(46-28-35-51(36-29-46)63-58-23-15-14-22-55(58)61(3,4)59(63)47-20-12-7-13-21-47)30-38-53(56)54-39-37-52(41-57(54)60)62(49-31-24-44(25-32-49)42-16-8-5-9-17-42)50-33-26-45(27-34-50)43-18-10-6-11-19-43/h5-41,59H,1-4H3. The van der Waals surface area contributed by atoms with E-state index < -0.39 is 0 Å². The van der Waals surface area contributed by atoms with Crippen LogP contribution in [-0.2, 0) is 10.8 Å². The minimum absolute atomic E-state index is 0.0614. The number of anilines is 5. The van der Waals surface area contributed by atoms with Crippen molar-refractivity contribution >= 4 is 28.4 Å². The summed E-state index contributed by atoms with van der Waals surface area (Å²) in [7, 11) is 0. The first kappa shape index (κ1) is 38.5. The van der Waals surface area contributed by atoms with Crippen molar-refractivity contribution < 1.29 is 0 Å². The zero-order valence-corrected chi connectivity index (χ0v) is 36.3. The lowest BCUT2D eigenvalue weighted by Gasteiger charge is -2.35. The second-order valence-electron chi connectivity index (χ2n) is 18.2. The van der Waals surface area contributed by atoms with Gasteiger partial charge in [-0.15, -0.1) is 0 Å². The summed E-state index contributed by atoms with van der Waals surface area (Å²) in [4.78, 5) is 4.95. The summed E-state index contributed by atoms with van der Waals surface area (Å²) in [5, 5.41) is 0. The highest BCUT2D eigenvalue weighted by Crippen LogP contribution is 2.56. The fourth-order valence-corrected chi connectivity index (χ4v) is 10.5. The zero-order chi connectivity index (χ0) is 42.7. The van der Waals surface area contributed by atoms with E-state index in [1.54, 1.807) is 0 Å². The van der Waals surface area contributed by atoms with E-state index in [1.807, 2.05) is 0 Å². The van der Waals surface area contributed by atoms with E-state index in [-0.39, 0.29) is 16.9 Å². The van der Waals surface area contributed by atoms with Gasteiger partial charge in [0.25, 0.3) is 0 Å². The lowest BCUT2D eigenvalue weighted by Crippen LogP contribution is -2.30. The van der Waals surface area contributed by atoms with Gasteiger partial charge >= 0.3 is 0 Å². The molecule has 63 heavy (non-hydrogen) atoms. The minimum atomic E-state index is -0.204. The highest BCUT2D eigenvalue weighted by molar-refractivity contribution is 5.88. The van der Waals surface area contributed by atoms with Crippen LogP contribution >= 0.6 is 0 Å². The number of hydrogen-bond donors (Lipinski definition) is 0. The zero-order valence-electron chi connectivity index (χ0n) is 36.3. The summed E-state index contributed by atoms with van der Waals surface area (Å²) in [6.45, 7) is 9.54. The van der Waals surface area contributed by atoms with E-state index in [2.05, 4.69) is 262 Å². The molecule has 1 aliphatic carbocycles. The van der Waals surface area contributed by atoms with Gasteiger partial charge in [-0.2, -0.15) is 0 Å². The molecular weight excluding hydrogens is 761 g/mol. The van der Waals surface area contributed by atoms with Gasteiger partial charge in [0.05, 0.1) is 6.04 Å². The van der Waals surface area contributed by atoms with Crippen molar-refractivity contribution in [2.45, 2.75) is 44.6 Å². The van der Waals surface area contributed by atoms with Crippen LogP contribution in [0.1, 0.15) is 56.0 Å². The van der Waals surface area contributed by atoms with Gasteiger partial charge in [-0.25, -0.2) is 0 Å². The number of benzene rings is 9. The number of fused-ring (bicyclic) bond motifs is 4. The Balaban J connectivity index is 0.933. The summed E-state index contributed by atoms with van der Waals surface area (Å²) in [5.74, 6) is 0. The minimum Gasteiger partial charge on any atom is -0.333 e. The molecule has 2 heteroatoms. The molecule has 1 atom stereocenters. The molecule has 0 bridgehead atoms. The number of hydrogen-bond acceptors (Lipinski definition) is 2. The second kappa shape index (κ2) is 15.2. The van der Waals surface area contributed by atoms with Gasteiger partial charge in [-0.05, 0) is 127 Å². The van der Waals surface area contributed by atoms with E-state index in [9.17, 15) is 0 Å². The Kier molecular flexibility index (Phi) is 9.28. The summed E-state index contributed by atoms with van der Waals surface area (Å²) < 4.78 is 0. The van der Waals surface area contributed by atoms with Gasteiger partial charge in [0, 0.05) is 39.3 Å². The molecule has 11 rings (SSSR count). The summed E-state index contributed by atoms with van der Waals surface area (Å²) in [6.07, 6.45) is 0. The molecule has 0 N–H and O–H groups in total. The average molecular weight is 811 g/mol. The first-order valence-corrected chi connectivity index (χ1v) is 22.2. The summed E-state index contributed by atoms with van der Waals surface area (Å²) in [6, 6.07) is 82.7. The van der Waals surface area contributed by atoms with Crippen molar-refractivity contribution in [2.24, 2.45) is 0 Å². The van der Waals surface area contributed by atoms with Gasteiger partial charge in [0.2, 0.25) is 0 Å². The van der Waals surface area contributed by atoms with Crippen molar-refractivity contribution in [1.82, 2.24) is 0 Å². The predicted octanol–water partition coefficient (Wildman–Crippen LogP) is 16.6. The van der Waals surface area contributed by atoms with Gasteiger partial charge < -0.3 is 9.80 Å². The maximum Gasteiger partial charge on any atom is 0.0683 e. The molecule has 0 saturated heterocycles. The molecule has 0 saturated carbocycles. The molecule has 0 radical (unpaired) electrons. The Labute approximate surface area is 372 Å². The van der Waals surface area contributed by atoms with Crippen LogP contribution in [0.2, 0.25) is 0 Å². The Morgan fingerprint density at radius 3 is 1.38 bits per heavy atom. The fraction of sp³-hybridized carbons (Fsp3) is 0.115. The van der Waals surface area contributed by atoms with E-state index >= 15 is 0 Å². The number of para-hydroxylation sites is 1. The highest BCUT2D eigenvalue weighted by Gasteiger charge is 2.46. The SMILES string of the molecule is CC1(C)c2cc(-c3ccc(N4c5ccccc5C(C)(C)C4c4ccccc4)cc3)ccc2-c2ccc(N(c3ccc(-c4ccccc4)cc3)c3ccc(-c4ccccc4)cc3)cc21. The normalized spacial score (nSPS) is 15.4. The Morgan fingerprint density at radius 1 is 0.365 bits per heavy atom. The summed E-state index contributed by atoms with van der Waals surface area (Å²) in [5.41, 5.74) is 21.0. The van der Waals surface area contributed by atoms with Crippen LogP contribution in [0.3, 0.4) is 0 Å². The lowest BCUT2D eigenvalue weighted by atomic mass is 9.77. The third kappa shape index (κ3) is 6.57. The van der Waals surface area contributed by atoms with E-state index in [1.165, 1.54) is 78.1 Å². The van der Waals surface area contributed by atoms with Crippen LogP contribution in [0, 0.1) is 0 Å². The molecule has 304 valence electrons. The number of rotatable bonds is 8. The molecule has 0 aromatic heterocycles. The number of nitrogens with zero attached hydrogens (tertiary/aromatic N) is 2. The van der Waals surface area contributed by atoms with Crippen molar-refractivity contribution in [3.05, 3.63) is 247 Å². The Morgan fingerprint density at radius 2 is 0.794 bits per heavy atom. The third-order valence-electron chi connectivity index (χ3n) is 13.8. The van der Waals surface area contributed by atoms with Crippen LogP contribution in [0.25, 0.3) is 44.5 Å². The molecule has 2 aliphatic rings. The molecule has 9 aromatic rings. The smallest absolute Gasteiger partial charge is 0.0683 e. The van der Waals surface area contributed by atoms with Gasteiger partial charge in [0.1, 0.15) is 0 Å². The quantitative estimate of drug-likeness (QED) is 0.151. The first-order chi connectivity index (χ1) is 30.8. The highest BCUT2D eigenvalue weighted by atomic mass is 15.2. The maximum atomic E-state index is 2.55. The van der Waals surface area contributed by atoms with E-state index in [4.69, 9.17) is 0 Å². The monoisotopic (exact) mass is 810 g/mol. The van der Waals surface area contributed by atoms with Gasteiger partial charge in [0.15, 0.2) is 0 Å². The molecule has 1 unspecified atom stereocenters. The van der Waals surface area contributed by atoms with Crippen LogP contribution in [0.5, 0.6) is 0 Å². The van der Waals surface area contributed by atoms with Crippen LogP contribution in [-0.4, -0.2) is 0 Å². The van der Waals surface area contributed by atoms with Crippen molar-refractivity contribution in [1.29, 1.82) is 0 Å². The van der Waals surface area contributed by atoms with Gasteiger partial charge in [-0.3, -0.25) is 0 Å². The molecule has 2 nitrogen and oxygen atoms in total. The molecule has 9 aromatic carbocycles. The van der Waals surface area contributed by atoms with Crippen LogP contribution < -0.4 is 9.80 Å². The van der Waals surface area contributed by atoms with Crippen LogP contribution in [0.15, 0.2) is 224 Å². The van der Waals surface area contributed by atoms with Crippen molar-refractivity contribution in [3.63, 3.8) is 0 Å². The Bertz CT molecular complexity index is 2990. The molecular formula is C61H50N2. The molecule has 1 heterocycles. The topological polar surface area (TPSA) is 6.48 Å². The lowest BCUT2D eigenvalue weighted by molar-refractivity contribution is 0.449. The van der Waals surface area contributed by atoms with Gasteiger partial charge in [-0.1, -0.05) is 191 Å². The molecule has 0 fully saturated rings. The predicted molar refractivity (Wildman–Crippen MR) is 266 cm³/mol.